The molecular formula is C29H32N4O3. The summed E-state index contributed by atoms with van der Waals surface area (Å²) in [5, 5.41) is 12.7. The van der Waals surface area contributed by atoms with Gasteiger partial charge in [-0.3, -0.25) is 14.0 Å². The molecule has 1 aliphatic carbocycles. The summed E-state index contributed by atoms with van der Waals surface area (Å²) >= 11 is 0. The van der Waals surface area contributed by atoms with Crippen molar-refractivity contribution in [2.24, 2.45) is 0 Å². The van der Waals surface area contributed by atoms with Crippen molar-refractivity contribution in [1.29, 1.82) is 5.26 Å². The van der Waals surface area contributed by atoms with Crippen molar-refractivity contribution in [3.8, 4) is 17.7 Å². The number of aryl methyl sites for hydroxylation is 1. The standard InChI is InChI=1S/C29H32N4O3/c1-19-9-8-16-33-25(19)32-27(36-23-14-12-21(13-15-23)29(2,3)4)24(28(33)35)17-20(18-30)26(34)31-22-10-6-5-7-11-22/h8-9,12-17,22H,5-7,10-11H2,1-4H3,(H,31,34). The molecule has 0 atom stereocenters. The maximum atomic E-state index is 13.5. The number of rotatable bonds is 5. The van der Waals surface area contributed by atoms with Crippen molar-refractivity contribution in [1.82, 2.24) is 14.7 Å². The van der Waals surface area contributed by atoms with Gasteiger partial charge in [-0.1, -0.05) is 58.2 Å². The molecule has 1 aliphatic rings. The molecule has 1 aromatic carbocycles. The minimum Gasteiger partial charge on any atom is -0.438 e. The molecule has 4 rings (SSSR count). The molecule has 186 valence electrons. The van der Waals surface area contributed by atoms with Crippen LogP contribution in [0, 0.1) is 18.3 Å². The molecular weight excluding hydrogens is 452 g/mol. The molecule has 0 spiro atoms. The fourth-order valence-electron chi connectivity index (χ4n) is 4.43. The molecule has 1 N–H and O–H groups in total. The van der Waals surface area contributed by atoms with Crippen LogP contribution in [-0.4, -0.2) is 21.3 Å². The first-order chi connectivity index (χ1) is 17.2. The Labute approximate surface area is 211 Å². The van der Waals surface area contributed by atoms with E-state index >= 15 is 0 Å². The summed E-state index contributed by atoms with van der Waals surface area (Å²) in [6, 6.07) is 13.2. The molecule has 0 saturated heterocycles. The zero-order chi connectivity index (χ0) is 25.9. The van der Waals surface area contributed by atoms with Gasteiger partial charge in [-0.2, -0.15) is 10.2 Å². The third kappa shape index (κ3) is 5.49. The smallest absolute Gasteiger partial charge is 0.269 e. The van der Waals surface area contributed by atoms with E-state index in [2.05, 4.69) is 31.1 Å². The molecule has 2 heterocycles. The van der Waals surface area contributed by atoms with Gasteiger partial charge in [-0.25, -0.2) is 0 Å². The monoisotopic (exact) mass is 484 g/mol. The van der Waals surface area contributed by atoms with Gasteiger partial charge in [0.1, 0.15) is 28.6 Å². The van der Waals surface area contributed by atoms with Crippen LogP contribution in [0.2, 0.25) is 0 Å². The molecule has 0 aliphatic heterocycles. The fourth-order valence-corrected chi connectivity index (χ4v) is 4.43. The summed E-state index contributed by atoms with van der Waals surface area (Å²) in [4.78, 5) is 31.0. The molecule has 1 amide bonds. The predicted octanol–water partition coefficient (Wildman–Crippen LogP) is 5.45. The number of nitriles is 1. The molecule has 0 radical (unpaired) electrons. The van der Waals surface area contributed by atoms with Gasteiger partial charge >= 0.3 is 0 Å². The van der Waals surface area contributed by atoms with Crippen LogP contribution in [0.25, 0.3) is 11.7 Å². The Hall–Kier alpha value is -3.92. The van der Waals surface area contributed by atoms with Gasteiger partial charge < -0.3 is 10.1 Å². The molecule has 7 nitrogen and oxygen atoms in total. The van der Waals surface area contributed by atoms with Gasteiger partial charge in [0, 0.05) is 12.2 Å². The van der Waals surface area contributed by atoms with E-state index < -0.39 is 11.5 Å². The topological polar surface area (TPSA) is 96.5 Å². The maximum absolute atomic E-state index is 13.5. The van der Waals surface area contributed by atoms with Crippen molar-refractivity contribution in [2.75, 3.05) is 0 Å². The Morgan fingerprint density at radius 2 is 1.86 bits per heavy atom. The summed E-state index contributed by atoms with van der Waals surface area (Å²) in [7, 11) is 0. The van der Waals surface area contributed by atoms with Crippen LogP contribution >= 0.6 is 0 Å². The van der Waals surface area contributed by atoms with Crippen LogP contribution in [0.3, 0.4) is 0 Å². The third-order valence-electron chi connectivity index (χ3n) is 6.58. The highest BCUT2D eigenvalue weighted by Gasteiger charge is 2.21. The number of ether oxygens (including phenoxy) is 1. The van der Waals surface area contributed by atoms with Crippen LogP contribution in [-0.2, 0) is 10.2 Å². The molecule has 36 heavy (non-hydrogen) atoms. The van der Waals surface area contributed by atoms with Gasteiger partial charge in [0.2, 0.25) is 5.88 Å². The van der Waals surface area contributed by atoms with Gasteiger partial charge in [0.15, 0.2) is 0 Å². The molecule has 0 bridgehead atoms. The highest BCUT2D eigenvalue weighted by Crippen LogP contribution is 2.28. The number of carbonyl (C=O) groups is 1. The zero-order valence-electron chi connectivity index (χ0n) is 21.3. The average Bonchev–Trinajstić information content (AvgIpc) is 2.85. The number of pyridine rings is 1. The Bertz CT molecular complexity index is 1400. The summed E-state index contributed by atoms with van der Waals surface area (Å²) in [6.07, 6.45) is 7.96. The minimum atomic E-state index is -0.487. The molecule has 1 fully saturated rings. The number of fused-ring (bicyclic) bond motifs is 1. The predicted molar refractivity (Wildman–Crippen MR) is 140 cm³/mol. The lowest BCUT2D eigenvalue weighted by Crippen LogP contribution is -2.36. The van der Waals surface area contributed by atoms with E-state index in [1.54, 1.807) is 12.3 Å². The van der Waals surface area contributed by atoms with Gasteiger partial charge in [0.05, 0.1) is 0 Å². The second kappa shape index (κ2) is 10.4. The van der Waals surface area contributed by atoms with Crippen molar-refractivity contribution < 1.29 is 9.53 Å². The number of aromatic nitrogens is 2. The van der Waals surface area contributed by atoms with E-state index in [-0.39, 0.29) is 28.5 Å². The highest BCUT2D eigenvalue weighted by atomic mass is 16.5. The van der Waals surface area contributed by atoms with Gasteiger partial charge in [-0.15, -0.1) is 0 Å². The first kappa shape index (κ1) is 25.2. The van der Waals surface area contributed by atoms with E-state index in [4.69, 9.17) is 4.74 Å². The SMILES string of the molecule is Cc1cccn2c(=O)c(C=C(C#N)C(=O)NC3CCCCC3)c(Oc3ccc(C(C)(C)C)cc3)nc12. The van der Waals surface area contributed by atoms with Crippen LogP contribution < -0.4 is 15.6 Å². The Morgan fingerprint density at radius 1 is 1.17 bits per heavy atom. The lowest BCUT2D eigenvalue weighted by Gasteiger charge is -2.22. The minimum absolute atomic E-state index is 0.0169. The van der Waals surface area contributed by atoms with Crippen molar-refractivity contribution in [3.63, 3.8) is 0 Å². The maximum Gasteiger partial charge on any atom is 0.269 e. The third-order valence-corrected chi connectivity index (χ3v) is 6.58. The van der Waals surface area contributed by atoms with E-state index in [9.17, 15) is 14.9 Å². The summed E-state index contributed by atoms with van der Waals surface area (Å²) in [6.45, 7) is 8.24. The number of nitrogens with zero attached hydrogens (tertiary/aromatic N) is 3. The van der Waals surface area contributed by atoms with Crippen LogP contribution in [0.1, 0.15) is 69.6 Å². The molecule has 1 saturated carbocycles. The van der Waals surface area contributed by atoms with E-state index in [1.807, 2.05) is 43.3 Å². The van der Waals surface area contributed by atoms with Crippen LogP contribution in [0.15, 0.2) is 53.0 Å². The number of carbonyl (C=O) groups excluding carboxylic acids is 1. The Balaban J connectivity index is 1.77. The summed E-state index contributed by atoms with van der Waals surface area (Å²) in [5.41, 5.74) is 1.86. The summed E-state index contributed by atoms with van der Waals surface area (Å²) < 4.78 is 7.49. The second-order valence-corrected chi connectivity index (χ2v) is 10.4. The second-order valence-electron chi connectivity index (χ2n) is 10.4. The lowest BCUT2D eigenvalue weighted by molar-refractivity contribution is -0.117. The molecule has 2 aromatic heterocycles. The fraction of sp³-hybridized carbons (Fsp3) is 0.379. The largest absolute Gasteiger partial charge is 0.438 e. The van der Waals surface area contributed by atoms with Crippen LogP contribution in [0.4, 0.5) is 0 Å². The van der Waals surface area contributed by atoms with Crippen molar-refractivity contribution in [2.45, 2.75) is 71.3 Å². The summed E-state index contributed by atoms with van der Waals surface area (Å²) in [5.74, 6) is 0.0716. The number of benzene rings is 1. The highest BCUT2D eigenvalue weighted by molar-refractivity contribution is 6.02. The zero-order valence-corrected chi connectivity index (χ0v) is 21.3. The lowest BCUT2D eigenvalue weighted by atomic mass is 9.87. The molecule has 3 aromatic rings. The molecule has 0 unspecified atom stereocenters. The first-order valence-corrected chi connectivity index (χ1v) is 12.4. The van der Waals surface area contributed by atoms with E-state index in [0.29, 0.717) is 11.4 Å². The Kier molecular flexibility index (Phi) is 7.25. The van der Waals surface area contributed by atoms with Crippen molar-refractivity contribution >= 4 is 17.6 Å². The quantitative estimate of drug-likeness (QED) is 0.384. The number of nitrogens with one attached hydrogen (secondary N) is 1. The first-order valence-electron chi connectivity index (χ1n) is 12.4. The van der Waals surface area contributed by atoms with Crippen LogP contribution in [0.5, 0.6) is 11.6 Å². The van der Waals surface area contributed by atoms with Gasteiger partial charge in [0.25, 0.3) is 11.5 Å². The number of amides is 1. The average molecular weight is 485 g/mol. The van der Waals surface area contributed by atoms with E-state index in [0.717, 1.165) is 43.2 Å². The Morgan fingerprint density at radius 3 is 2.50 bits per heavy atom. The van der Waals surface area contributed by atoms with Gasteiger partial charge in [-0.05, 0) is 60.6 Å². The van der Waals surface area contributed by atoms with E-state index in [1.165, 1.54) is 10.5 Å². The molecule has 7 heteroatoms. The van der Waals surface area contributed by atoms with Crippen molar-refractivity contribution in [3.05, 3.63) is 75.2 Å². The normalized spacial score (nSPS) is 14.9. The number of hydrogen-bond acceptors (Lipinski definition) is 5. The number of hydrogen-bond donors (Lipinski definition) is 1.